The van der Waals surface area contributed by atoms with Gasteiger partial charge in [-0.15, -0.1) is 0 Å². The van der Waals surface area contributed by atoms with Crippen molar-refractivity contribution < 1.29 is 17.9 Å². The van der Waals surface area contributed by atoms with E-state index in [2.05, 4.69) is 17.6 Å². The van der Waals surface area contributed by atoms with E-state index in [1.165, 1.54) is 18.4 Å². The Morgan fingerprint density at radius 3 is 2.67 bits per heavy atom. The molecule has 1 aliphatic rings. The van der Waals surface area contributed by atoms with Crippen molar-refractivity contribution in [1.82, 2.24) is 10.6 Å². The van der Waals surface area contributed by atoms with Crippen molar-refractivity contribution in [2.75, 3.05) is 26.0 Å². The van der Waals surface area contributed by atoms with Gasteiger partial charge in [-0.3, -0.25) is 4.79 Å². The molecule has 2 unspecified atom stereocenters. The minimum atomic E-state index is -3.19. The molecular formula is C17H26N2O4S. The number of ether oxygens (including phenoxy) is 1. The Morgan fingerprint density at radius 2 is 2.04 bits per heavy atom. The van der Waals surface area contributed by atoms with Crippen LogP contribution in [0.2, 0.25) is 0 Å². The summed E-state index contributed by atoms with van der Waals surface area (Å²) in [5.74, 6) is 1.12. The Kier molecular flexibility index (Phi) is 6.62. The van der Waals surface area contributed by atoms with Crippen molar-refractivity contribution in [2.24, 2.45) is 5.92 Å². The van der Waals surface area contributed by atoms with Crippen LogP contribution in [0.5, 0.6) is 5.75 Å². The van der Waals surface area contributed by atoms with Gasteiger partial charge in [-0.25, -0.2) is 8.42 Å². The second kappa shape index (κ2) is 8.48. The molecule has 7 heteroatoms. The van der Waals surface area contributed by atoms with Crippen LogP contribution in [0.4, 0.5) is 0 Å². The average molecular weight is 354 g/mol. The molecule has 1 aliphatic heterocycles. The van der Waals surface area contributed by atoms with Crippen LogP contribution < -0.4 is 15.4 Å². The van der Waals surface area contributed by atoms with E-state index in [1.807, 2.05) is 0 Å². The number of rotatable bonds is 7. The summed E-state index contributed by atoms with van der Waals surface area (Å²) in [6.45, 7) is 4.45. The van der Waals surface area contributed by atoms with Crippen molar-refractivity contribution >= 4 is 15.7 Å². The molecule has 2 N–H and O–H groups in total. The third-order valence-corrected chi connectivity index (χ3v) is 5.33. The molecule has 1 saturated heterocycles. The molecule has 1 aromatic carbocycles. The molecule has 1 amide bonds. The molecule has 134 valence electrons. The fraction of sp³-hybridized carbons (Fsp3) is 0.588. The second-order valence-corrected chi connectivity index (χ2v) is 8.36. The van der Waals surface area contributed by atoms with Gasteiger partial charge in [0.05, 0.1) is 11.5 Å². The number of hydrogen-bond donors (Lipinski definition) is 2. The highest BCUT2D eigenvalue weighted by molar-refractivity contribution is 7.90. The average Bonchev–Trinajstić information content (AvgIpc) is 2.53. The molecule has 0 saturated carbocycles. The number of nitrogens with one attached hydrogen (secondary N) is 2. The van der Waals surface area contributed by atoms with Crippen LogP contribution in [-0.2, 0) is 14.6 Å². The van der Waals surface area contributed by atoms with E-state index in [1.54, 1.807) is 12.1 Å². The fourth-order valence-electron chi connectivity index (χ4n) is 2.71. The standard InChI is InChI=1S/C17H26N2O4S/c1-13-12-18-10-9-16(13)19-17(20)4-3-11-23-14-5-7-15(8-6-14)24(2,21)22/h5-8,13,16,18H,3-4,9-12H2,1-2H3,(H,19,20). The molecule has 2 rings (SSSR count). The Hall–Kier alpha value is -1.60. The van der Waals surface area contributed by atoms with Crippen molar-refractivity contribution in [2.45, 2.75) is 37.1 Å². The van der Waals surface area contributed by atoms with Crippen LogP contribution in [0.15, 0.2) is 29.2 Å². The quantitative estimate of drug-likeness (QED) is 0.723. The van der Waals surface area contributed by atoms with Crippen molar-refractivity contribution in [3.63, 3.8) is 0 Å². The predicted molar refractivity (Wildman–Crippen MR) is 92.9 cm³/mol. The summed E-state index contributed by atoms with van der Waals surface area (Å²) in [4.78, 5) is 12.2. The second-order valence-electron chi connectivity index (χ2n) is 6.34. The first-order chi connectivity index (χ1) is 11.4. The third-order valence-electron chi connectivity index (χ3n) is 4.20. The Balaban J connectivity index is 1.68. The predicted octanol–water partition coefficient (Wildman–Crippen LogP) is 1.36. The first-order valence-corrected chi connectivity index (χ1v) is 10.2. The molecular weight excluding hydrogens is 328 g/mol. The lowest BCUT2D eigenvalue weighted by atomic mass is 9.95. The Morgan fingerprint density at radius 1 is 1.33 bits per heavy atom. The van der Waals surface area contributed by atoms with Crippen LogP contribution in [0.1, 0.15) is 26.2 Å². The summed E-state index contributed by atoms with van der Waals surface area (Å²) in [6, 6.07) is 6.56. The molecule has 0 bridgehead atoms. The maximum Gasteiger partial charge on any atom is 0.220 e. The normalized spacial score (nSPS) is 21.2. The van der Waals surface area contributed by atoms with Gasteiger partial charge in [0, 0.05) is 18.7 Å². The largest absolute Gasteiger partial charge is 0.494 e. The molecule has 0 spiro atoms. The maximum atomic E-state index is 12.0. The lowest BCUT2D eigenvalue weighted by Crippen LogP contribution is -2.48. The molecule has 1 fully saturated rings. The molecule has 1 heterocycles. The van der Waals surface area contributed by atoms with Gasteiger partial charge in [0.2, 0.25) is 5.91 Å². The molecule has 0 aromatic heterocycles. The molecule has 2 atom stereocenters. The van der Waals surface area contributed by atoms with E-state index >= 15 is 0 Å². The van der Waals surface area contributed by atoms with Crippen molar-refractivity contribution in [1.29, 1.82) is 0 Å². The summed E-state index contributed by atoms with van der Waals surface area (Å²) in [5.41, 5.74) is 0. The zero-order valence-electron chi connectivity index (χ0n) is 14.2. The van der Waals surface area contributed by atoms with Gasteiger partial charge in [-0.05, 0) is 56.1 Å². The van der Waals surface area contributed by atoms with Gasteiger partial charge in [0.1, 0.15) is 5.75 Å². The van der Waals surface area contributed by atoms with Crippen LogP contribution >= 0.6 is 0 Å². The van der Waals surface area contributed by atoms with Crippen LogP contribution in [-0.4, -0.2) is 46.3 Å². The van der Waals surface area contributed by atoms with Gasteiger partial charge in [0.25, 0.3) is 0 Å². The molecule has 24 heavy (non-hydrogen) atoms. The van der Waals surface area contributed by atoms with Gasteiger partial charge < -0.3 is 15.4 Å². The van der Waals surface area contributed by atoms with Crippen LogP contribution in [0, 0.1) is 5.92 Å². The van der Waals surface area contributed by atoms with Gasteiger partial charge >= 0.3 is 0 Å². The summed E-state index contributed by atoms with van der Waals surface area (Å²) >= 11 is 0. The SMILES string of the molecule is CC1CNCCC1NC(=O)CCCOc1ccc(S(C)(=O)=O)cc1. The number of benzene rings is 1. The number of hydrogen-bond acceptors (Lipinski definition) is 5. The minimum Gasteiger partial charge on any atom is -0.494 e. The summed E-state index contributed by atoms with van der Waals surface area (Å²) in [7, 11) is -3.19. The summed E-state index contributed by atoms with van der Waals surface area (Å²) in [6.07, 6.45) is 3.19. The van der Waals surface area contributed by atoms with Crippen molar-refractivity contribution in [3.8, 4) is 5.75 Å². The van der Waals surface area contributed by atoms with E-state index in [9.17, 15) is 13.2 Å². The lowest BCUT2D eigenvalue weighted by Gasteiger charge is -2.30. The smallest absolute Gasteiger partial charge is 0.220 e. The van der Waals surface area contributed by atoms with Crippen molar-refractivity contribution in [3.05, 3.63) is 24.3 Å². The summed E-state index contributed by atoms with van der Waals surface area (Å²) < 4.78 is 28.3. The Labute approximate surface area is 143 Å². The van der Waals surface area contributed by atoms with Gasteiger partial charge in [0.15, 0.2) is 9.84 Å². The van der Waals surface area contributed by atoms with E-state index in [0.29, 0.717) is 31.1 Å². The van der Waals surface area contributed by atoms with E-state index < -0.39 is 9.84 Å². The molecule has 0 aliphatic carbocycles. The zero-order valence-corrected chi connectivity index (χ0v) is 15.1. The Bertz CT molecular complexity index is 643. The highest BCUT2D eigenvalue weighted by atomic mass is 32.2. The topological polar surface area (TPSA) is 84.5 Å². The lowest BCUT2D eigenvalue weighted by molar-refractivity contribution is -0.122. The fourth-order valence-corrected chi connectivity index (χ4v) is 3.34. The number of piperidine rings is 1. The maximum absolute atomic E-state index is 12.0. The molecule has 1 aromatic rings. The number of carbonyl (C=O) groups excluding carboxylic acids is 1. The van der Waals surface area contributed by atoms with Gasteiger partial charge in [-0.1, -0.05) is 6.92 Å². The number of sulfone groups is 1. The number of carbonyl (C=O) groups is 1. The monoisotopic (exact) mass is 354 g/mol. The molecule has 6 nitrogen and oxygen atoms in total. The number of amides is 1. The minimum absolute atomic E-state index is 0.0600. The third kappa shape index (κ3) is 5.79. The molecule has 0 radical (unpaired) electrons. The zero-order chi connectivity index (χ0) is 17.6. The van der Waals surface area contributed by atoms with Crippen LogP contribution in [0.3, 0.4) is 0 Å². The highest BCUT2D eigenvalue weighted by Gasteiger charge is 2.22. The van der Waals surface area contributed by atoms with Gasteiger partial charge in [-0.2, -0.15) is 0 Å². The first-order valence-electron chi connectivity index (χ1n) is 8.29. The van der Waals surface area contributed by atoms with E-state index in [-0.39, 0.29) is 16.8 Å². The summed E-state index contributed by atoms with van der Waals surface area (Å²) in [5, 5.41) is 6.40. The highest BCUT2D eigenvalue weighted by Crippen LogP contribution is 2.16. The first kappa shape index (κ1) is 18.7. The van der Waals surface area contributed by atoms with E-state index in [0.717, 1.165) is 19.5 Å². The van der Waals surface area contributed by atoms with E-state index in [4.69, 9.17) is 4.74 Å². The van der Waals surface area contributed by atoms with Crippen LogP contribution in [0.25, 0.3) is 0 Å².